The Bertz CT molecular complexity index is 1140. The second kappa shape index (κ2) is 8.68. The van der Waals surface area contributed by atoms with E-state index < -0.39 is 22.0 Å². The normalized spacial score (nSPS) is 15.8. The third-order valence-electron chi connectivity index (χ3n) is 5.27. The van der Waals surface area contributed by atoms with Crippen molar-refractivity contribution in [2.75, 3.05) is 24.2 Å². The minimum Gasteiger partial charge on any atom is -0.479 e. The van der Waals surface area contributed by atoms with Gasteiger partial charge in [-0.15, -0.1) is 0 Å². The number of likely N-dealkylation sites (N-methyl/N-ethyl adjacent to an activating group) is 1. The highest BCUT2D eigenvalue weighted by atomic mass is 32.2. The second-order valence-electron chi connectivity index (χ2n) is 7.64. The average Bonchev–Trinajstić information content (AvgIpc) is 2.70. The van der Waals surface area contributed by atoms with Crippen molar-refractivity contribution in [3.8, 4) is 5.75 Å². The van der Waals surface area contributed by atoms with Crippen molar-refractivity contribution in [1.29, 1.82) is 0 Å². The Labute approximate surface area is 182 Å². The first-order chi connectivity index (χ1) is 14.5. The van der Waals surface area contributed by atoms with E-state index in [1.807, 2.05) is 32.0 Å². The van der Waals surface area contributed by atoms with Crippen LogP contribution in [0.25, 0.3) is 0 Å². The third kappa shape index (κ3) is 4.57. The molecule has 0 fully saturated rings. The maximum atomic E-state index is 13.2. The Morgan fingerprint density at radius 1 is 1.23 bits per heavy atom. The topological polar surface area (TPSA) is 105 Å². The number of nitrogens with zero attached hydrogens (tertiary/aromatic N) is 1. The molecule has 1 atom stereocenters. The molecule has 0 radical (unpaired) electrons. The summed E-state index contributed by atoms with van der Waals surface area (Å²) < 4.78 is 32.9. The lowest BCUT2D eigenvalue weighted by Crippen LogP contribution is -2.36. The smallest absolute Gasteiger partial charge is 0.265 e. The van der Waals surface area contributed by atoms with Crippen molar-refractivity contribution in [3.05, 3.63) is 47.0 Å². The number of sulfonamides is 1. The van der Waals surface area contributed by atoms with E-state index in [9.17, 15) is 18.0 Å². The highest BCUT2D eigenvalue weighted by Gasteiger charge is 2.30. The standard InChI is InChI=1S/C22H27N3O5S/c1-6-16-9-7-8-13(2)21(16)24-20(26)12-25(5)31(28,29)19-11-18-17(10-14(19)3)23-22(27)15(4)30-18/h7-11,15H,6,12H2,1-5H3,(H,23,27)(H,24,26)/t15-/m0/s1. The monoisotopic (exact) mass is 445 g/mol. The van der Waals surface area contributed by atoms with Crippen LogP contribution in [-0.2, 0) is 26.0 Å². The maximum Gasteiger partial charge on any atom is 0.265 e. The zero-order chi connectivity index (χ0) is 22.9. The molecule has 0 spiro atoms. The number of fused-ring (bicyclic) bond motifs is 1. The fraction of sp³-hybridized carbons (Fsp3) is 0.364. The predicted molar refractivity (Wildman–Crippen MR) is 119 cm³/mol. The predicted octanol–water partition coefficient (Wildman–Crippen LogP) is 2.84. The van der Waals surface area contributed by atoms with E-state index in [4.69, 9.17) is 4.74 Å². The molecule has 8 nitrogen and oxygen atoms in total. The fourth-order valence-corrected chi connectivity index (χ4v) is 4.80. The molecule has 0 bridgehead atoms. The number of aryl methyl sites for hydroxylation is 3. The quantitative estimate of drug-likeness (QED) is 0.711. The van der Waals surface area contributed by atoms with Crippen LogP contribution < -0.4 is 15.4 Å². The van der Waals surface area contributed by atoms with Gasteiger partial charge in [-0.25, -0.2) is 8.42 Å². The molecular formula is C22H27N3O5S. The summed E-state index contributed by atoms with van der Waals surface area (Å²) in [5.74, 6) is -0.441. The Hall–Kier alpha value is -2.91. The summed E-state index contributed by atoms with van der Waals surface area (Å²) in [6, 6.07) is 8.69. The van der Waals surface area contributed by atoms with E-state index in [1.54, 1.807) is 19.9 Å². The van der Waals surface area contributed by atoms with Gasteiger partial charge in [0, 0.05) is 18.8 Å². The van der Waals surface area contributed by atoms with E-state index in [0.717, 1.165) is 21.9 Å². The summed E-state index contributed by atoms with van der Waals surface area (Å²) in [6.45, 7) is 6.76. The number of benzene rings is 2. The molecule has 0 aromatic heterocycles. The number of anilines is 2. The lowest BCUT2D eigenvalue weighted by Gasteiger charge is -2.25. The molecule has 166 valence electrons. The van der Waals surface area contributed by atoms with E-state index >= 15 is 0 Å². The summed E-state index contributed by atoms with van der Waals surface area (Å²) >= 11 is 0. The van der Waals surface area contributed by atoms with Crippen molar-refractivity contribution in [2.45, 2.75) is 45.1 Å². The van der Waals surface area contributed by atoms with Gasteiger partial charge in [-0.3, -0.25) is 9.59 Å². The summed E-state index contributed by atoms with van der Waals surface area (Å²) in [4.78, 5) is 24.4. The zero-order valence-electron chi connectivity index (χ0n) is 18.3. The van der Waals surface area contributed by atoms with Crippen molar-refractivity contribution in [3.63, 3.8) is 0 Å². The van der Waals surface area contributed by atoms with Gasteiger partial charge in [-0.1, -0.05) is 25.1 Å². The molecular weight excluding hydrogens is 418 g/mol. The molecule has 2 amide bonds. The van der Waals surface area contributed by atoms with Crippen LogP contribution >= 0.6 is 0 Å². The van der Waals surface area contributed by atoms with Gasteiger partial charge < -0.3 is 15.4 Å². The SMILES string of the molecule is CCc1cccc(C)c1NC(=O)CN(C)S(=O)(=O)c1cc2c(cc1C)NC(=O)[C@H](C)O2. The van der Waals surface area contributed by atoms with Gasteiger partial charge in [0.2, 0.25) is 15.9 Å². The minimum absolute atomic E-state index is 0.0232. The number of hydrogen-bond acceptors (Lipinski definition) is 5. The third-order valence-corrected chi connectivity index (χ3v) is 7.21. The summed E-state index contributed by atoms with van der Waals surface area (Å²) in [6.07, 6.45) is 0.0190. The lowest BCUT2D eigenvalue weighted by atomic mass is 10.1. The van der Waals surface area contributed by atoms with Crippen LogP contribution in [-0.4, -0.2) is 44.2 Å². The molecule has 1 heterocycles. The molecule has 3 rings (SSSR count). The molecule has 1 aliphatic heterocycles. The first-order valence-corrected chi connectivity index (χ1v) is 11.5. The van der Waals surface area contributed by atoms with Gasteiger partial charge in [0.05, 0.1) is 17.1 Å². The maximum absolute atomic E-state index is 13.2. The van der Waals surface area contributed by atoms with Crippen LogP contribution in [0.15, 0.2) is 35.2 Å². The molecule has 2 N–H and O–H groups in total. The summed E-state index contributed by atoms with van der Waals surface area (Å²) in [5.41, 5.74) is 3.47. The number of carbonyl (C=O) groups excluding carboxylic acids is 2. The van der Waals surface area contributed by atoms with Crippen LogP contribution in [0.1, 0.15) is 30.5 Å². The Kier molecular flexibility index (Phi) is 6.38. The highest BCUT2D eigenvalue weighted by molar-refractivity contribution is 7.89. The Balaban J connectivity index is 1.82. The first-order valence-electron chi connectivity index (χ1n) is 10.0. The van der Waals surface area contributed by atoms with E-state index in [1.165, 1.54) is 13.1 Å². The number of hydrogen-bond donors (Lipinski definition) is 2. The molecule has 0 saturated heterocycles. The van der Waals surface area contributed by atoms with Crippen molar-refractivity contribution in [2.24, 2.45) is 0 Å². The number of amides is 2. The molecule has 0 unspecified atom stereocenters. The van der Waals surface area contributed by atoms with Crippen molar-refractivity contribution >= 4 is 33.2 Å². The van der Waals surface area contributed by atoms with Gasteiger partial charge >= 0.3 is 0 Å². The molecule has 31 heavy (non-hydrogen) atoms. The van der Waals surface area contributed by atoms with Crippen LogP contribution in [0.2, 0.25) is 0 Å². The lowest BCUT2D eigenvalue weighted by molar-refractivity contribution is -0.122. The molecule has 9 heteroatoms. The molecule has 2 aromatic carbocycles. The fourth-order valence-electron chi connectivity index (χ4n) is 3.46. The first kappa shape index (κ1) is 22.8. The minimum atomic E-state index is -3.97. The summed E-state index contributed by atoms with van der Waals surface area (Å²) in [7, 11) is -2.61. The highest BCUT2D eigenvalue weighted by Crippen LogP contribution is 2.35. The van der Waals surface area contributed by atoms with Gasteiger partial charge in [-0.05, 0) is 49.9 Å². The van der Waals surface area contributed by atoms with Gasteiger partial charge in [0.1, 0.15) is 5.75 Å². The molecule has 2 aromatic rings. The van der Waals surface area contributed by atoms with Crippen molar-refractivity contribution < 1.29 is 22.7 Å². The second-order valence-corrected chi connectivity index (χ2v) is 9.65. The van der Waals surface area contributed by atoms with E-state index in [2.05, 4.69) is 10.6 Å². The molecule has 0 aliphatic carbocycles. The molecule has 1 aliphatic rings. The van der Waals surface area contributed by atoms with Crippen LogP contribution in [0, 0.1) is 13.8 Å². The van der Waals surface area contributed by atoms with Gasteiger partial charge in [0.15, 0.2) is 6.10 Å². The number of para-hydroxylation sites is 1. The average molecular weight is 446 g/mol. The van der Waals surface area contributed by atoms with E-state index in [0.29, 0.717) is 16.9 Å². The van der Waals surface area contributed by atoms with Gasteiger partial charge in [0.25, 0.3) is 5.91 Å². The van der Waals surface area contributed by atoms with Crippen LogP contribution in [0.3, 0.4) is 0 Å². The number of ether oxygens (including phenoxy) is 1. The Morgan fingerprint density at radius 2 is 1.94 bits per heavy atom. The number of rotatable bonds is 6. The number of nitrogens with one attached hydrogen (secondary N) is 2. The van der Waals surface area contributed by atoms with Crippen LogP contribution in [0.4, 0.5) is 11.4 Å². The summed E-state index contributed by atoms with van der Waals surface area (Å²) in [5, 5.41) is 5.54. The van der Waals surface area contributed by atoms with Crippen molar-refractivity contribution in [1.82, 2.24) is 4.31 Å². The van der Waals surface area contributed by atoms with Crippen LogP contribution in [0.5, 0.6) is 5.75 Å². The van der Waals surface area contributed by atoms with Gasteiger partial charge in [-0.2, -0.15) is 4.31 Å². The Morgan fingerprint density at radius 3 is 2.61 bits per heavy atom. The van der Waals surface area contributed by atoms with E-state index in [-0.39, 0.29) is 23.1 Å². The largest absolute Gasteiger partial charge is 0.479 e. The molecule has 0 saturated carbocycles. The number of carbonyl (C=O) groups is 2. The zero-order valence-corrected chi connectivity index (χ0v) is 19.1.